The van der Waals surface area contributed by atoms with Gasteiger partial charge in [-0.15, -0.1) is 0 Å². The van der Waals surface area contributed by atoms with Crippen LogP contribution in [0.5, 0.6) is 5.75 Å². The standard InChI is InChI=1S/C7H3BrClFO2/c8-4-1-5(10)3-6(2-4)12-7(9)11/h1-3H. The van der Waals surface area contributed by atoms with Gasteiger partial charge in [-0.25, -0.2) is 9.18 Å². The van der Waals surface area contributed by atoms with Gasteiger partial charge in [0.2, 0.25) is 0 Å². The highest BCUT2D eigenvalue weighted by Gasteiger charge is 2.02. The van der Waals surface area contributed by atoms with Crippen LogP contribution >= 0.6 is 27.5 Å². The van der Waals surface area contributed by atoms with Crippen LogP contribution in [0.4, 0.5) is 9.18 Å². The van der Waals surface area contributed by atoms with Crippen LogP contribution in [-0.4, -0.2) is 5.43 Å². The van der Waals surface area contributed by atoms with Crippen molar-refractivity contribution in [2.24, 2.45) is 0 Å². The monoisotopic (exact) mass is 252 g/mol. The number of carbonyl (C=O) groups excluding carboxylic acids is 1. The van der Waals surface area contributed by atoms with Crippen molar-refractivity contribution in [2.75, 3.05) is 0 Å². The van der Waals surface area contributed by atoms with Crippen molar-refractivity contribution >= 4 is 33.0 Å². The van der Waals surface area contributed by atoms with E-state index in [-0.39, 0.29) is 5.75 Å². The van der Waals surface area contributed by atoms with Gasteiger partial charge in [0, 0.05) is 22.1 Å². The minimum Gasteiger partial charge on any atom is -0.414 e. The minimum atomic E-state index is -0.993. The predicted octanol–water partition coefficient (Wildman–Crippen LogP) is 3.33. The van der Waals surface area contributed by atoms with E-state index in [2.05, 4.69) is 20.7 Å². The highest BCUT2D eigenvalue weighted by molar-refractivity contribution is 9.10. The van der Waals surface area contributed by atoms with Crippen LogP contribution in [0.2, 0.25) is 0 Å². The Balaban J connectivity index is 2.93. The van der Waals surface area contributed by atoms with Gasteiger partial charge >= 0.3 is 5.43 Å². The molecule has 0 aromatic heterocycles. The van der Waals surface area contributed by atoms with Crippen molar-refractivity contribution in [2.45, 2.75) is 0 Å². The summed E-state index contributed by atoms with van der Waals surface area (Å²) < 4.78 is 17.5. The molecule has 0 aliphatic heterocycles. The van der Waals surface area contributed by atoms with Crippen molar-refractivity contribution < 1.29 is 13.9 Å². The summed E-state index contributed by atoms with van der Waals surface area (Å²) in [6, 6.07) is 3.74. The maximum absolute atomic E-state index is 12.6. The van der Waals surface area contributed by atoms with Crippen LogP contribution in [0.3, 0.4) is 0 Å². The predicted molar refractivity (Wildman–Crippen MR) is 46.0 cm³/mol. The summed E-state index contributed by atoms with van der Waals surface area (Å²) in [4.78, 5) is 10.2. The zero-order valence-electron chi connectivity index (χ0n) is 5.68. The van der Waals surface area contributed by atoms with E-state index in [4.69, 9.17) is 11.6 Å². The van der Waals surface area contributed by atoms with E-state index in [0.717, 1.165) is 6.07 Å². The fraction of sp³-hybridized carbons (Fsp3) is 0. The Kier molecular flexibility index (Phi) is 3.05. The number of rotatable bonds is 1. The molecule has 0 atom stereocenters. The molecule has 0 saturated heterocycles. The van der Waals surface area contributed by atoms with Crippen LogP contribution in [0.1, 0.15) is 0 Å². The Morgan fingerprint density at radius 2 is 2.17 bits per heavy atom. The van der Waals surface area contributed by atoms with Gasteiger partial charge in [0.25, 0.3) is 0 Å². The van der Waals surface area contributed by atoms with Crippen LogP contribution in [-0.2, 0) is 0 Å². The van der Waals surface area contributed by atoms with Crippen molar-refractivity contribution in [3.8, 4) is 5.75 Å². The van der Waals surface area contributed by atoms with E-state index in [9.17, 15) is 9.18 Å². The highest BCUT2D eigenvalue weighted by Crippen LogP contribution is 2.20. The molecule has 0 fully saturated rings. The first-order valence-corrected chi connectivity index (χ1v) is 4.08. The molecule has 0 amide bonds. The molecule has 0 radical (unpaired) electrons. The highest BCUT2D eigenvalue weighted by atomic mass is 79.9. The summed E-state index contributed by atoms with van der Waals surface area (Å²) in [5.41, 5.74) is -0.993. The van der Waals surface area contributed by atoms with Crippen molar-refractivity contribution in [1.29, 1.82) is 0 Å². The lowest BCUT2D eigenvalue weighted by atomic mass is 10.3. The Bertz CT molecular complexity index is 296. The average molecular weight is 253 g/mol. The molecule has 0 saturated carbocycles. The molecule has 0 bridgehead atoms. The summed E-state index contributed by atoms with van der Waals surface area (Å²) >= 11 is 7.95. The Morgan fingerprint density at radius 3 is 2.67 bits per heavy atom. The van der Waals surface area contributed by atoms with Gasteiger partial charge in [-0.2, -0.15) is 0 Å². The van der Waals surface area contributed by atoms with Crippen LogP contribution in [0, 0.1) is 5.82 Å². The van der Waals surface area contributed by atoms with Crippen LogP contribution < -0.4 is 4.74 Å². The Morgan fingerprint density at radius 1 is 1.50 bits per heavy atom. The maximum atomic E-state index is 12.6. The van der Waals surface area contributed by atoms with Crippen LogP contribution in [0.25, 0.3) is 0 Å². The molecule has 0 spiro atoms. The van der Waals surface area contributed by atoms with Gasteiger partial charge < -0.3 is 4.74 Å². The SMILES string of the molecule is O=C(Cl)Oc1cc(F)cc(Br)c1. The lowest BCUT2D eigenvalue weighted by Gasteiger charge is -1.99. The lowest BCUT2D eigenvalue weighted by Crippen LogP contribution is -1.96. The van der Waals surface area contributed by atoms with Crippen LogP contribution in [0.15, 0.2) is 22.7 Å². The van der Waals surface area contributed by atoms with E-state index in [1.165, 1.54) is 12.1 Å². The normalized spacial score (nSPS) is 9.58. The topological polar surface area (TPSA) is 26.3 Å². The molecule has 0 N–H and O–H groups in total. The van der Waals surface area contributed by atoms with E-state index < -0.39 is 11.2 Å². The van der Waals surface area contributed by atoms with E-state index >= 15 is 0 Å². The van der Waals surface area contributed by atoms with Gasteiger partial charge in [-0.3, -0.25) is 0 Å². The van der Waals surface area contributed by atoms with E-state index in [1.54, 1.807) is 0 Å². The number of hydrogen-bond donors (Lipinski definition) is 0. The van der Waals surface area contributed by atoms with Gasteiger partial charge in [0.1, 0.15) is 11.6 Å². The quantitative estimate of drug-likeness (QED) is 0.718. The van der Waals surface area contributed by atoms with Gasteiger partial charge in [0.05, 0.1) is 0 Å². The molecule has 0 unspecified atom stereocenters. The fourth-order valence-corrected chi connectivity index (χ4v) is 1.21. The summed E-state index contributed by atoms with van der Waals surface area (Å²) in [5.74, 6) is -0.431. The third kappa shape index (κ3) is 2.79. The van der Waals surface area contributed by atoms with Crippen molar-refractivity contribution in [3.63, 3.8) is 0 Å². The second-order valence-electron chi connectivity index (χ2n) is 1.94. The first-order chi connectivity index (χ1) is 5.58. The fourth-order valence-electron chi connectivity index (χ4n) is 0.680. The zero-order chi connectivity index (χ0) is 9.14. The van der Waals surface area contributed by atoms with Gasteiger partial charge in [-0.1, -0.05) is 15.9 Å². The molecular formula is C7H3BrClFO2. The average Bonchev–Trinajstić information content (AvgIpc) is 1.81. The Labute approximate surface area is 81.4 Å². The van der Waals surface area contributed by atoms with Crippen molar-refractivity contribution in [1.82, 2.24) is 0 Å². The third-order valence-electron chi connectivity index (χ3n) is 1.03. The first kappa shape index (κ1) is 9.48. The molecule has 2 nitrogen and oxygen atoms in total. The number of carbonyl (C=O) groups is 1. The van der Waals surface area contributed by atoms with E-state index in [0.29, 0.717) is 4.47 Å². The molecule has 12 heavy (non-hydrogen) atoms. The summed E-state index contributed by atoms with van der Waals surface area (Å²) in [6.45, 7) is 0. The minimum absolute atomic E-state index is 0.0712. The third-order valence-corrected chi connectivity index (χ3v) is 1.57. The molecular weight excluding hydrogens is 250 g/mol. The number of ether oxygens (including phenoxy) is 1. The molecule has 0 aliphatic carbocycles. The largest absolute Gasteiger partial charge is 0.414 e. The molecule has 1 rings (SSSR count). The number of benzene rings is 1. The summed E-state index contributed by atoms with van der Waals surface area (Å²) in [7, 11) is 0. The Hall–Kier alpha value is -0.610. The summed E-state index contributed by atoms with van der Waals surface area (Å²) in [5, 5.41) is 0. The summed E-state index contributed by atoms with van der Waals surface area (Å²) in [6.07, 6.45) is 0. The molecule has 0 aliphatic rings. The van der Waals surface area contributed by atoms with Gasteiger partial charge in [-0.05, 0) is 12.1 Å². The second-order valence-corrected chi connectivity index (χ2v) is 3.17. The smallest absolute Gasteiger partial charge is 0.409 e. The van der Waals surface area contributed by atoms with E-state index in [1.807, 2.05) is 0 Å². The molecule has 0 heterocycles. The zero-order valence-corrected chi connectivity index (χ0v) is 8.02. The molecule has 5 heteroatoms. The number of hydrogen-bond acceptors (Lipinski definition) is 2. The first-order valence-electron chi connectivity index (χ1n) is 2.91. The molecule has 1 aromatic rings. The molecule has 1 aromatic carbocycles. The lowest BCUT2D eigenvalue weighted by molar-refractivity contribution is 0.225. The molecule has 64 valence electrons. The van der Waals surface area contributed by atoms with Crippen molar-refractivity contribution in [3.05, 3.63) is 28.5 Å². The second kappa shape index (κ2) is 3.87. The number of halogens is 3. The van der Waals surface area contributed by atoms with Gasteiger partial charge in [0.15, 0.2) is 0 Å². The maximum Gasteiger partial charge on any atom is 0.409 e.